The average molecular weight is 979 g/mol. The molecule has 8 aromatic carbocycles. The first-order chi connectivity index (χ1) is 36.6. The largest absolute Gasteiger partial charge is 0.509 e. The molecule has 11 rings (SSSR count). The summed E-state index contributed by atoms with van der Waals surface area (Å²) in [5, 5.41) is 25.2. The minimum absolute atomic E-state index is 0.338. The van der Waals surface area contributed by atoms with Crippen LogP contribution in [-0.2, 0) is 0 Å². The molecule has 10 aromatic rings. The fraction of sp³-hybridized carbons (Fsp3) is 0.0727. The first-order valence-electron chi connectivity index (χ1n) is 27.4. The minimum Gasteiger partial charge on any atom is -0.509 e. The Balaban J connectivity index is 1.19. The fourth-order valence-corrected chi connectivity index (χ4v) is 12.9. The molecule has 0 spiro atoms. The van der Waals surface area contributed by atoms with Gasteiger partial charge in [-0.1, -0.05) is 144 Å². The van der Waals surface area contributed by atoms with Crippen LogP contribution in [0.4, 0.5) is 0 Å². The summed E-state index contributed by atoms with van der Waals surface area (Å²) in [7, 11) is 34.5. The number of nitrogens with zero attached hydrogens (tertiary/aromatic N) is 3. The molecule has 77 heavy (non-hydrogen) atoms. The highest BCUT2D eigenvalue weighted by atomic mass is 16.3. The number of phenolic OH excluding ortho intramolecular Hbond substituents is 2. The zero-order valence-corrected chi connectivity index (χ0v) is 48.1. The molecule has 0 aliphatic heterocycles. The van der Waals surface area contributed by atoms with Crippen molar-refractivity contribution in [2.45, 2.75) is 25.7 Å². The Kier molecular flexibility index (Phi) is 13.1. The highest BCUT2D eigenvalue weighted by Gasteiger charge is 2.35. The number of hydrogen-bond donors (Lipinski definition) is 2. The van der Waals surface area contributed by atoms with Gasteiger partial charge in [0.25, 0.3) is 0 Å². The molecule has 0 amide bonds. The number of hydrogen-bond acceptors (Lipinski definition) is 6. The maximum absolute atomic E-state index is 11.9. The van der Waals surface area contributed by atoms with Gasteiger partial charge in [-0.05, 0) is 98.2 Å². The molecule has 1 aliphatic carbocycles. The van der Waals surface area contributed by atoms with E-state index in [0.717, 1.165) is 156 Å². The maximum atomic E-state index is 11.9. The third-order valence-corrected chi connectivity index (χ3v) is 18.6. The summed E-state index contributed by atoms with van der Waals surface area (Å²) in [5.41, 5.74) is 33.2. The Morgan fingerprint density at radius 1 is 0.364 bits per heavy atom. The molecule has 2 aromatic heterocycles. The summed E-state index contributed by atoms with van der Waals surface area (Å²) in [4.78, 5) is 16.8. The molecule has 0 atom stereocenters. The molecule has 1 saturated carbocycles. The van der Waals surface area contributed by atoms with Crippen molar-refractivity contribution in [2.75, 3.05) is 0 Å². The van der Waals surface area contributed by atoms with Gasteiger partial charge < -0.3 is 14.6 Å². The first-order valence-corrected chi connectivity index (χ1v) is 27.4. The van der Waals surface area contributed by atoms with Crippen LogP contribution in [0, 0.1) is 6.92 Å². The molecule has 0 radical (unpaired) electrons. The molecule has 6 nitrogen and oxygen atoms in total. The number of benzene rings is 8. The summed E-state index contributed by atoms with van der Waals surface area (Å²) in [5.74, 6) is 2.88. The second kappa shape index (κ2) is 19.3. The zero-order valence-electron chi connectivity index (χ0n) is 48.1. The molecular formula is C55H55B16N3O3. The van der Waals surface area contributed by atoms with E-state index in [0.29, 0.717) is 34.9 Å². The second-order valence-electron chi connectivity index (χ2n) is 22.6. The number of aromatic nitrogens is 3. The third-order valence-electron chi connectivity index (χ3n) is 18.6. The molecule has 1 aliphatic rings. The van der Waals surface area contributed by atoms with E-state index in [2.05, 4.69) is 188 Å². The van der Waals surface area contributed by atoms with Crippen LogP contribution in [0.25, 0.3) is 101 Å². The first kappa shape index (κ1) is 52.3. The van der Waals surface area contributed by atoms with Crippen LogP contribution in [0.1, 0.15) is 29.9 Å². The van der Waals surface area contributed by atoms with E-state index in [1.165, 1.54) is 38.5 Å². The van der Waals surface area contributed by atoms with E-state index < -0.39 is 0 Å². The monoisotopic (exact) mass is 982 g/mol. The van der Waals surface area contributed by atoms with Gasteiger partial charge in [0.05, 0.1) is 0 Å². The number of aromatic hydroxyl groups is 2. The van der Waals surface area contributed by atoms with Gasteiger partial charge in [-0.15, -0.1) is 5.46 Å². The molecule has 22 heteroatoms. The van der Waals surface area contributed by atoms with Crippen LogP contribution in [0.3, 0.4) is 0 Å². The number of phenols is 2. The minimum atomic E-state index is 0.338. The van der Waals surface area contributed by atoms with Crippen molar-refractivity contribution in [3.05, 3.63) is 90.0 Å². The van der Waals surface area contributed by atoms with Crippen molar-refractivity contribution in [1.29, 1.82) is 0 Å². The standard InChI is InChI=1S/C55H55B16N3O3/c1-17-24(42(65)49(75)46(69)33(17)56)26-25(20-12-13-20)34(57)45(68)40(63)31(26)54-72-53(21-14-10-19(11-15-21)23-9-5-8-22(16-23)18-6-3-2-4-7-18)73-55(74-54)32-41(64)39(62)30-29-38(61)35(58)28(43(66)51(29)77-52(30)44(32)67)27-36(59)47(70)50(76)48(71)37(27)60/h2-11,14-16,20,75-76H,12-13,56-71H2,1H3. The summed E-state index contributed by atoms with van der Waals surface area (Å²) >= 11 is 0. The molecule has 2 heterocycles. The lowest BCUT2D eigenvalue weighted by Crippen LogP contribution is -2.46. The van der Waals surface area contributed by atoms with Crippen molar-refractivity contribution in [3.63, 3.8) is 0 Å². The van der Waals surface area contributed by atoms with E-state index in [9.17, 15) is 10.2 Å². The van der Waals surface area contributed by atoms with Crippen molar-refractivity contribution in [3.8, 4) is 90.2 Å². The fourth-order valence-electron chi connectivity index (χ4n) is 12.9. The molecular weight excluding hydrogens is 924 g/mol. The van der Waals surface area contributed by atoms with Crippen LogP contribution >= 0.6 is 0 Å². The lowest BCUT2D eigenvalue weighted by Gasteiger charge is -2.27. The summed E-state index contributed by atoms with van der Waals surface area (Å²) < 4.78 is 7.28. The highest BCUT2D eigenvalue weighted by molar-refractivity contribution is 6.68. The van der Waals surface area contributed by atoms with Gasteiger partial charge in [0, 0.05) is 27.5 Å². The van der Waals surface area contributed by atoms with Gasteiger partial charge in [0.2, 0.25) is 0 Å². The Morgan fingerprint density at radius 3 is 1.36 bits per heavy atom. The van der Waals surface area contributed by atoms with Crippen LogP contribution in [0.15, 0.2) is 83.3 Å². The zero-order chi connectivity index (χ0) is 55.0. The van der Waals surface area contributed by atoms with Gasteiger partial charge in [0.1, 0.15) is 148 Å². The van der Waals surface area contributed by atoms with E-state index in [1.54, 1.807) is 0 Å². The maximum Gasteiger partial charge on any atom is 0.164 e. The normalized spacial score (nSPS) is 12.5. The van der Waals surface area contributed by atoms with Crippen LogP contribution in [-0.4, -0.2) is 151 Å². The predicted octanol–water partition coefficient (Wildman–Crippen LogP) is -13.8. The lowest BCUT2D eigenvalue weighted by atomic mass is 9.61. The van der Waals surface area contributed by atoms with Gasteiger partial charge in [-0.2, -0.15) is 0 Å². The van der Waals surface area contributed by atoms with Gasteiger partial charge >= 0.3 is 0 Å². The molecule has 0 bridgehead atoms. The van der Waals surface area contributed by atoms with Crippen LogP contribution < -0.4 is 87.4 Å². The smallest absolute Gasteiger partial charge is 0.164 e. The predicted molar refractivity (Wildman–Crippen MR) is 376 cm³/mol. The van der Waals surface area contributed by atoms with Gasteiger partial charge in [-0.25, -0.2) is 15.0 Å². The Morgan fingerprint density at radius 2 is 0.792 bits per heavy atom. The Bertz CT molecular complexity index is 4170. The lowest BCUT2D eigenvalue weighted by molar-refractivity contribution is 0.484. The Labute approximate surface area is 467 Å². The second-order valence-corrected chi connectivity index (χ2v) is 22.6. The van der Waals surface area contributed by atoms with E-state index in [4.69, 9.17) is 19.4 Å². The number of fused-ring (bicyclic) bond motifs is 3. The van der Waals surface area contributed by atoms with Crippen LogP contribution in [0.5, 0.6) is 11.5 Å². The molecule has 356 valence electrons. The van der Waals surface area contributed by atoms with Crippen molar-refractivity contribution in [2.24, 2.45) is 0 Å². The summed E-state index contributed by atoms with van der Waals surface area (Å²) in [6.45, 7) is 2.21. The topological polar surface area (TPSA) is 92.3 Å². The summed E-state index contributed by atoms with van der Waals surface area (Å²) in [6, 6.07) is 27.9. The van der Waals surface area contributed by atoms with Crippen LogP contribution in [0.2, 0.25) is 0 Å². The van der Waals surface area contributed by atoms with Crippen molar-refractivity contribution in [1.82, 2.24) is 15.0 Å². The van der Waals surface area contributed by atoms with E-state index >= 15 is 0 Å². The SMILES string of the molecule is Bc1c(B)c(-c2nc(-c3ccc(-c4cccc(-c5ccccc5)c4)cc3)nc(-c3c(B)c(B)c4c(oc5c(B)c(-c6c(B)c(B)c(O)c(B)c6B)c(B)c(B)c54)c3B)n2)c(-c2c(B)c(O)c(B)c(B)c2C)c(C2CC2)c1B. The van der Waals surface area contributed by atoms with Crippen molar-refractivity contribution >= 4 is 235 Å². The van der Waals surface area contributed by atoms with Crippen molar-refractivity contribution < 1.29 is 14.6 Å². The third kappa shape index (κ3) is 8.12. The Hall–Kier alpha value is -6.79. The molecule has 0 saturated heterocycles. The molecule has 2 N–H and O–H groups in total. The quantitative estimate of drug-likeness (QED) is 0.147. The molecule has 1 fully saturated rings. The van der Waals surface area contributed by atoms with Gasteiger partial charge in [-0.3, -0.25) is 0 Å². The number of rotatable bonds is 8. The number of furan rings is 1. The molecule has 0 unspecified atom stereocenters. The highest BCUT2D eigenvalue weighted by Crippen LogP contribution is 2.46. The van der Waals surface area contributed by atoms with Gasteiger partial charge in [0.15, 0.2) is 17.5 Å². The summed E-state index contributed by atoms with van der Waals surface area (Å²) in [6.07, 6.45) is 2.23. The average Bonchev–Trinajstić information content (AvgIpc) is 4.20. The van der Waals surface area contributed by atoms with E-state index in [1.807, 2.05) is 23.5 Å². The van der Waals surface area contributed by atoms with E-state index in [-0.39, 0.29) is 0 Å².